The minimum absolute atomic E-state index is 0.0250. The highest BCUT2D eigenvalue weighted by molar-refractivity contribution is 5.94. The molecule has 126 valence electrons. The van der Waals surface area contributed by atoms with Gasteiger partial charge < -0.3 is 10.6 Å². The maximum atomic E-state index is 12.0. The van der Waals surface area contributed by atoms with Crippen molar-refractivity contribution >= 4 is 17.9 Å². The zero-order valence-electron chi connectivity index (χ0n) is 14.3. The summed E-state index contributed by atoms with van der Waals surface area (Å²) in [5.41, 5.74) is 6.49. The van der Waals surface area contributed by atoms with Gasteiger partial charge in [0.1, 0.15) is 0 Å². The summed E-state index contributed by atoms with van der Waals surface area (Å²) in [6.07, 6.45) is 10.5. The first kappa shape index (κ1) is 18.9. The average Bonchev–Trinajstić information content (AvgIpc) is 2.55. The molecule has 23 heavy (non-hydrogen) atoms. The fourth-order valence-corrected chi connectivity index (χ4v) is 2.33. The molecule has 0 bridgehead atoms. The smallest absolute Gasteiger partial charge is 0.248 e. The van der Waals surface area contributed by atoms with Crippen molar-refractivity contribution in [2.24, 2.45) is 5.73 Å². The monoisotopic (exact) mass is 316 g/mol. The number of carbonyl (C=O) groups excluding carboxylic acids is 2. The topological polar surface area (TPSA) is 63.4 Å². The van der Waals surface area contributed by atoms with Gasteiger partial charge in [-0.2, -0.15) is 0 Å². The van der Waals surface area contributed by atoms with Crippen LogP contribution in [0.15, 0.2) is 30.3 Å². The van der Waals surface area contributed by atoms with Gasteiger partial charge in [-0.05, 0) is 30.2 Å². The zero-order valence-corrected chi connectivity index (χ0v) is 14.3. The van der Waals surface area contributed by atoms with Crippen LogP contribution < -0.4 is 5.73 Å². The number of carbonyl (C=O) groups is 2. The van der Waals surface area contributed by atoms with E-state index < -0.39 is 5.91 Å². The van der Waals surface area contributed by atoms with Gasteiger partial charge in [-0.3, -0.25) is 9.59 Å². The second-order valence-corrected chi connectivity index (χ2v) is 5.85. The number of primary amides is 1. The molecule has 0 aliphatic heterocycles. The van der Waals surface area contributed by atoms with Crippen molar-refractivity contribution < 1.29 is 9.59 Å². The van der Waals surface area contributed by atoms with Crippen molar-refractivity contribution in [2.75, 3.05) is 13.6 Å². The lowest BCUT2D eigenvalue weighted by Crippen LogP contribution is -2.25. The number of amides is 2. The van der Waals surface area contributed by atoms with Gasteiger partial charge in [-0.15, -0.1) is 0 Å². The number of hydrogen-bond acceptors (Lipinski definition) is 2. The first-order valence-electron chi connectivity index (χ1n) is 8.37. The summed E-state index contributed by atoms with van der Waals surface area (Å²) in [6, 6.07) is 6.93. The molecule has 0 radical (unpaired) electrons. The molecule has 0 aliphatic rings. The Bertz CT molecular complexity index is 538. The number of hydrogen-bond donors (Lipinski definition) is 1. The van der Waals surface area contributed by atoms with Crippen molar-refractivity contribution in [2.45, 2.75) is 45.4 Å². The third-order valence-electron chi connectivity index (χ3n) is 3.81. The molecule has 0 saturated carbocycles. The lowest BCUT2D eigenvalue weighted by atomic mass is 10.1. The number of likely N-dealkylation sites (N-methyl/N-ethyl adjacent to an activating group) is 1. The molecular weight excluding hydrogens is 288 g/mol. The quantitative estimate of drug-likeness (QED) is 0.529. The van der Waals surface area contributed by atoms with Crippen LogP contribution in [0.4, 0.5) is 0 Å². The molecule has 0 saturated heterocycles. The number of nitrogens with two attached hydrogens (primary N) is 1. The lowest BCUT2D eigenvalue weighted by molar-refractivity contribution is -0.124. The third-order valence-corrected chi connectivity index (χ3v) is 3.81. The fourth-order valence-electron chi connectivity index (χ4n) is 2.33. The van der Waals surface area contributed by atoms with Crippen molar-refractivity contribution in [3.63, 3.8) is 0 Å². The van der Waals surface area contributed by atoms with Crippen LogP contribution in [0, 0.1) is 0 Å². The summed E-state index contributed by atoms with van der Waals surface area (Å²) < 4.78 is 0. The molecule has 0 aliphatic carbocycles. The Morgan fingerprint density at radius 2 is 1.83 bits per heavy atom. The van der Waals surface area contributed by atoms with E-state index in [0.29, 0.717) is 5.56 Å². The molecule has 0 atom stereocenters. The molecule has 1 aromatic carbocycles. The van der Waals surface area contributed by atoms with Crippen molar-refractivity contribution in [3.05, 3.63) is 41.5 Å². The van der Waals surface area contributed by atoms with Crippen molar-refractivity contribution in [3.8, 4) is 0 Å². The molecule has 1 rings (SSSR count). The molecular formula is C19H28N2O2. The zero-order chi connectivity index (χ0) is 17.1. The molecule has 4 heteroatoms. The van der Waals surface area contributed by atoms with Gasteiger partial charge in [0.05, 0.1) is 0 Å². The average molecular weight is 316 g/mol. The molecule has 2 N–H and O–H groups in total. The van der Waals surface area contributed by atoms with Crippen LogP contribution in [0.5, 0.6) is 0 Å². The predicted octanol–water partition coefficient (Wildman–Crippen LogP) is 3.62. The van der Waals surface area contributed by atoms with Crippen molar-refractivity contribution in [1.82, 2.24) is 4.90 Å². The van der Waals surface area contributed by atoms with Crippen LogP contribution in [0.25, 0.3) is 6.08 Å². The molecule has 0 aromatic heterocycles. The van der Waals surface area contributed by atoms with Gasteiger partial charge >= 0.3 is 0 Å². The van der Waals surface area contributed by atoms with E-state index in [0.717, 1.165) is 18.5 Å². The van der Waals surface area contributed by atoms with Gasteiger partial charge in [0.15, 0.2) is 0 Å². The Labute approximate surface area is 139 Å². The highest BCUT2D eigenvalue weighted by Crippen LogP contribution is 2.08. The molecule has 2 amide bonds. The van der Waals surface area contributed by atoms with Crippen LogP contribution >= 0.6 is 0 Å². The van der Waals surface area contributed by atoms with Gasteiger partial charge in [0, 0.05) is 25.2 Å². The third kappa shape index (κ3) is 7.63. The van der Waals surface area contributed by atoms with Crippen LogP contribution in [-0.4, -0.2) is 30.3 Å². The van der Waals surface area contributed by atoms with Gasteiger partial charge in [0.2, 0.25) is 11.8 Å². The first-order chi connectivity index (χ1) is 11.0. The van der Waals surface area contributed by atoms with E-state index in [1.54, 1.807) is 29.2 Å². The van der Waals surface area contributed by atoms with Crippen LogP contribution in [-0.2, 0) is 4.79 Å². The van der Waals surface area contributed by atoms with E-state index in [1.165, 1.54) is 38.2 Å². The summed E-state index contributed by atoms with van der Waals surface area (Å²) in [7, 11) is 1.82. The minimum atomic E-state index is -0.466. The number of nitrogens with zero attached hydrogens (tertiary/aromatic N) is 1. The molecule has 1 aromatic rings. The highest BCUT2D eigenvalue weighted by Gasteiger charge is 2.04. The van der Waals surface area contributed by atoms with Gasteiger partial charge in [-0.1, -0.05) is 51.2 Å². The van der Waals surface area contributed by atoms with E-state index in [4.69, 9.17) is 5.73 Å². The Hall–Kier alpha value is -2.10. The number of benzene rings is 1. The number of rotatable bonds is 10. The summed E-state index contributed by atoms with van der Waals surface area (Å²) >= 11 is 0. The first-order valence-corrected chi connectivity index (χ1v) is 8.37. The summed E-state index contributed by atoms with van der Waals surface area (Å²) in [5, 5.41) is 0. The van der Waals surface area contributed by atoms with Crippen LogP contribution in [0.1, 0.15) is 61.4 Å². The Morgan fingerprint density at radius 1 is 1.13 bits per heavy atom. The maximum absolute atomic E-state index is 12.0. The molecule has 0 spiro atoms. The second kappa shape index (κ2) is 10.6. The van der Waals surface area contributed by atoms with Crippen LogP contribution in [0.2, 0.25) is 0 Å². The predicted molar refractivity (Wildman–Crippen MR) is 95.0 cm³/mol. The second-order valence-electron chi connectivity index (χ2n) is 5.85. The Morgan fingerprint density at radius 3 is 2.52 bits per heavy atom. The van der Waals surface area contributed by atoms with E-state index in [-0.39, 0.29) is 5.91 Å². The molecule has 0 heterocycles. The Kier molecular flexibility index (Phi) is 8.73. The van der Waals surface area contributed by atoms with E-state index in [9.17, 15) is 9.59 Å². The highest BCUT2D eigenvalue weighted by atomic mass is 16.2. The largest absolute Gasteiger partial charge is 0.366 e. The van der Waals surface area contributed by atoms with Crippen molar-refractivity contribution in [1.29, 1.82) is 0 Å². The van der Waals surface area contributed by atoms with E-state index >= 15 is 0 Å². The lowest BCUT2D eigenvalue weighted by Gasteiger charge is -2.14. The van der Waals surface area contributed by atoms with E-state index in [1.807, 2.05) is 13.1 Å². The summed E-state index contributed by atoms with van der Waals surface area (Å²) in [4.78, 5) is 24.9. The van der Waals surface area contributed by atoms with E-state index in [2.05, 4.69) is 6.92 Å². The molecule has 0 unspecified atom stereocenters. The molecule has 0 fully saturated rings. The SMILES string of the molecule is CCCCCCCCN(C)C(=O)C=Cc1cccc(C(N)=O)c1. The summed E-state index contributed by atoms with van der Waals surface area (Å²) in [6.45, 7) is 2.98. The standard InChI is InChI=1S/C19H28N2O2/c1-3-4-5-6-7-8-14-21(2)18(22)13-12-16-10-9-11-17(15-16)19(20)23/h9-13,15H,3-8,14H2,1-2H3,(H2,20,23). The maximum Gasteiger partial charge on any atom is 0.248 e. The minimum Gasteiger partial charge on any atom is -0.366 e. The molecule has 4 nitrogen and oxygen atoms in total. The van der Waals surface area contributed by atoms with Crippen LogP contribution in [0.3, 0.4) is 0 Å². The van der Waals surface area contributed by atoms with Gasteiger partial charge in [0.25, 0.3) is 0 Å². The summed E-state index contributed by atoms with van der Waals surface area (Å²) in [5.74, 6) is -0.491. The normalized spacial score (nSPS) is 10.9. The fraction of sp³-hybridized carbons (Fsp3) is 0.474. The Balaban J connectivity index is 2.39. The van der Waals surface area contributed by atoms with Gasteiger partial charge in [-0.25, -0.2) is 0 Å². The number of unbranched alkanes of at least 4 members (excludes halogenated alkanes) is 5.